The van der Waals surface area contributed by atoms with E-state index in [1.54, 1.807) is 0 Å². The van der Waals surface area contributed by atoms with Crippen LogP contribution in [-0.2, 0) is 9.53 Å². The van der Waals surface area contributed by atoms with Gasteiger partial charge in [0.25, 0.3) is 0 Å². The summed E-state index contributed by atoms with van der Waals surface area (Å²) >= 11 is 0. The van der Waals surface area contributed by atoms with Crippen LogP contribution in [0.2, 0.25) is 0 Å². The van der Waals surface area contributed by atoms with E-state index in [0.717, 1.165) is 6.42 Å². The molecule has 0 aliphatic rings. The fraction of sp³-hybridized carbons (Fsp3) is 0.909. The summed E-state index contributed by atoms with van der Waals surface area (Å²) in [5, 5.41) is 0. The Bertz CT molecular complexity index is 139. The van der Waals surface area contributed by atoms with E-state index in [0.29, 0.717) is 31.1 Å². The van der Waals surface area contributed by atoms with Crippen LogP contribution in [0.3, 0.4) is 0 Å². The van der Waals surface area contributed by atoms with Crippen LogP contribution < -0.4 is 0 Å². The van der Waals surface area contributed by atoms with Crippen LogP contribution in [0.4, 0.5) is 0 Å². The van der Waals surface area contributed by atoms with Crippen molar-refractivity contribution in [1.29, 1.82) is 0 Å². The molecule has 0 bridgehead atoms. The van der Waals surface area contributed by atoms with E-state index in [-0.39, 0.29) is 6.10 Å². The Morgan fingerprint density at radius 1 is 1.15 bits per heavy atom. The normalized spacial score (nSPS) is 11.2. The number of rotatable bonds is 7. The Morgan fingerprint density at radius 3 is 2.23 bits per heavy atom. The van der Waals surface area contributed by atoms with Crippen molar-refractivity contribution in [2.75, 3.05) is 6.61 Å². The van der Waals surface area contributed by atoms with Crippen molar-refractivity contribution < 1.29 is 9.53 Å². The molecule has 0 spiro atoms. The Balaban J connectivity index is 3.30. The summed E-state index contributed by atoms with van der Waals surface area (Å²) in [5.41, 5.74) is 0. The molecule has 0 aromatic rings. The predicted octanol–water partition coefficient (Wildman–Crippen LogP) is 2.81. The zero-order chi connectivity index (χ0) is 10.3. The zero-order valence-corrected chi connectivity index (χ0v) is 9.30. The van der Waals surface area contributed by atoms with Crippen LogP contribution in [0.5, 0.6) is 0 Å². The van der Waals surface area contributed by atoms with Crippen molar-refractivity contribution >= 4 is 5.78 Å². The number of carbonyl (C=O) groups excluding carboxylic acids is 1. The van der Waals surface area contributed by atoms with Crippen molar-refractivity contribution in [3.05, 3.63) is 0 Å². The van der Waals surface area contributed by atoms with Crippen LogP contribution in [0, 0.1) is 5.92 Å². The van der Waals surface area contributed by atoms with Crippen molar-refractivity contribution in [2.24, 2.45) is 5.92 Å². The number of hydrogen-bond donors (Lipinski definition) is 0. The number of ketones is 1. The van der Waals surface area contributed by atoms with Gasteiger partial charge in [-0.2, -0.15) is 0 Å². The smallest absolute Gasteiger partial charge is 0.135 e. The van der Waals surface area contributed by atoms with Crippen LogP contribution in [-0.4, -0.2) is 18.5 Å². The second-order valence-corrected chi connectivity index (χ2v) is 4.14. The molecule has 0 aliphatic carbocycles. The molecular weight excluding hydrogens is 164 g/mol. The summed E-state index contributed by atoms with van der Waals surface area (Å²) in [6, 6.07) is 0. The average molecular weight is 186 g/mol. The highest BCUT2D eigenvalue weighted by Crippen LogP contribution is 2.05. The highest BCUT2D eigenvalue weighted by molar-refractivity contribution is 5.78. The molecule has 0 radical (unpaired) electrons. The van der Waals surface area contributed by atoms with Gasteiger partial charge in [0.1, 0.15) is 5.78 Å². The average Bonchev–Trinajstić information content (AvgIpc) is 2.00. The van der Waals surface area contributed by atoms with E-state index in [4.69, 9.17) is 4.74 Å². The number of Topliss-reactive ketones (excluding diaryl/α,β-unsaturated/α-hetero) is 1. The van der Waals surface area contributed by atoms with E-state index < -0.39 is 0 Å². The van der Waals surface area contributed by atoms with Gasteiger partial charge in [-0.1, -0.05) is 13.8 Å². The van der Waals surface area contributed by atoms with E-state index in [2.05, 4.69) is 13.8 Å². The molecule has 0 amide bonds. The minimum Gasteiger partial charge on any atom is -0.378 e. The van der Waals surface area contributed by atoms with E-state index in [1.807, 2.05) is 13.8 Å². The van der Waals surface area contributed by atoms with Crippen molar-refractivity contribution in [1.82, 2.24) is 0 Å². The second kappa shape index (κ2) is 7.07. The van der Waals surface area contributed by atoms with E-state index in [1.165, 1.54) is 0 Å². The number of hydrogen-bond acceptors (Lipinski definition) is 2. The first-order chi connectivity index (χ1) is 6.02. The van der Waals surface area contributed by atoms with Crippen molar-refractivity contribution in [3.8, 4) is 0 Å². The SMILES string of the molecule is CC(C)CCC(=O)CCOC(C)C. The maximum atomic E-state index is 11.2. The zero-order valence-electron chi connectivity index (χ0n) is 9.30. The first kappa shape index (κ1) is 12.6. The van der Waals surface area contributed by atoms with Crippen molar-refractivity contribution in [2.45, 2.75) is 53.1 Å². The molecule has 13 heavy (non-hydrogen) atoms. The molecular formula is C11H22O2. The maximum Gasteiger partial charge on any atom is 0.135 e. The standard InChI is InChI=1S/C11H22O2/c1-9(2)5-6-11(12)7-8-13-10(3)4/h9-10H,5-8H2,1-4H3. The van der Waals surface area contributed by atoms with E-state index in [9.17, 15) is 4.79 Å². The number of carbonyl (C=O) groups is 1. The molecule has 0 heterocycles. The third-order valence-electron chi connectivity index (χ3n) is 1.83. The summed E-state index contributed by atoms with van der Waals surface area (Å²) in [4.78, 5) is 11.2. The summed E-state index contributed by atoms with van der Waals surface area (Å²) in [7, 11) is 0. The molecule has 78 valence electrons. The molecule has 0 aliphatic heterocycles. The quantitative estimate of drug-likeness (QED) is 0.611. The molecule has 0 saturated carbocycles. The first-order valence-electron chi connectivity index (χ1n) is 5.15. The topological polar surface area (TPSA) is 26.3 Å². The summed E-state index contributed by atoms with van der Waals surface area (Å²) in [6.07, 6.45) is 2.52. The van der Waals surface area contributed by atoms with Gasteiger partial charge in [0.05, 0.1) is 12.7 Å². The van der Waals surface area contributed by atoms with E-state index >= 15 is 0 Å². The molecule has 0 atom stereocenters. The van der Waals surface area contributed by atoms with Crippen molar-refractivity contribution in [3.63, 3.8) is 0 Å². The van der Waals surface area contributed by atoms with Gasteiger partial charge in [0.2, 0.25) is 0 Å². The van der Waals surface area contributed by atoms with Crippen LogP contribution >= 0.6 is 0 Å². The lowest BCUT2D eigenvalue weighted by atomic mass is 10.0. The van der Waals surface area contributed by atoms with Crippen LogP contribution in [0.1, 0.15) is 47.0 Å². The third-order valence-corrected chi connectivity index (χ3v) is 1.83. The van der Waals surface area contributed by atoms with Gasteiger partial charge >= 0.3 is 0 Å². The van der Waals surface area contributed by atoms with Crippen LogP contribution in [0.25, 0.3) is 0 Å². The highest BCUT2D eigenvalue weighted by atomic mass is 16.5. The largest absolute Gasteiger partial charge is 0.378 e. The first-order valence-corrected chi connectivity index (χ1v) is 5.15. The Kier molecular flexibility index (Phi) is 6.87. The van der Waals surface area contributed by atoms with Gasteiger partial charge in [0, 0.05) is 12.8 Å². The Morgan fingerprint density at radius 2 is 1.77 bits per heavy atom. The highest BCUT2D eigenvalue weighted by Gasteiger charge is 2.04. The lowest BCUT2D eigenvalue weighted by molar-refractivity contribution is -0.120. The Hall–Kier alpha value is -0.370. The lowest BCUT2D eigenvalue weighted by Gasteiger charge is -2.07. The fourth-order valence-corrected chi connectivity index (χ4v) is 0.983. The Labute approximate surface area is 81.7 Å². The number of ether oxygens (including phenoxy) is 1. The molecule has 0 N–H and O–H groups in total. The fourth-order valence-electron chi connectivity index (χ4n) is 0.983. The van der Waals surface area contributed by atoms with Gasteiger partial charge in [-0.05, 0) is 26.2 Å². The third kappa shape index (κ3) is 9.54. The molecule has 0 fully saturated rings. The molecule has 2 heteroatoms. The maximum absolute atomic E-state index is 11.2. The van der Waals surface area contributed by atoms with Gasteiger partial charge in [0.15, 0.2) is 0 Å². The minimum atomic E-state index is 0.234. The minimum absolute atomic E-state index is 0.234. The monoisotopic (exact) mass is 186 g/mol. The summed E-state index contributed by atoms with van der Waals surface area (Å²) < 4.78 is 5.30. The second-order valence-electron chi connectivity index (χ2n) is 4.14. The van der Waals surface area contributed by atoms with Gasteiger partial charge in [-0.15, -0.1) is 0 Å². The molecule has 0 rings (SSSR count). The predicted molar refractivity (Wildman–Crippen MR) is 54.8 cm³/mol. The van der Waals surface area contributed by atoms with Crippen LogP contribution in [0.15, 0.2) is 0 Å². The van der Waals surface area contributed by atoms with Gasteiger partial charge in [-0.25, -0.2) is 0 Å². The molecule has 0 unspecified atom stereocenters. The molecule has 0 aromatic heterocycles. The lowest BCUT2D eigenvalue weighted by Crippen LogP contribution is -2.09. The molecule has 2 nitrogen and oxygen atoms in total. The molecule has 0 aromatic carbocycles. The molecule has 0 saturated heterocycles. The summed E-state index contributed by atoms with van der Waals surface area (Å²) in [6.45, 7) is 8.82. The summed E-state index contributed by atoms with van der Waals surface area (Å²) in [5.74, 6) is 0.948. The van der Waals surface area contributed by atoms with Gasteiger partial charge < -0.3 is 4.74 Å². The van der Waals surface area contributed by atoms with Gasteiger partial charge in [-0.3, -0.25) is 4.79 Å².